The number of phenolic OH excluding ortho intramolecular Hbond substituents is 3. The summed E-state index contributed by atoms with van der Waals surface area (Å²) in [6, 6.07) is 8.33. The van der Waals surface area contributed by atoms with Gasteiger partial charge in [-0.1, -0.05) is 42.5 Å². The Kier molecular flexibility index (Phi) is 4.86. The number of aromatic hydroxyl groups is 3. The van der Waals surface area contributed by atoms with E-state index < -0.39 is 17.3 Å². The van der Waals surface area contributed by atoms with Crippen molar-refractivity contribution in [3.63, 3.8) is 0 Å². The van der Waals surface area contributed by atoms with E-state index in [0.29, 0.717) is 5.56 Å². The van der Waals surface area contributed by atoms with Gasteiger partial charge in [0.15, 0.2) is 0 Å². The minimum absolute atomic E-state index is 0.161. The number of carbonyl (C=O) groups excluding carboxylic acids is 1. The maximum Gasteiger partial charge on any atom is 0.200 e. The first kappa shape index (κ1) is 16.4. The van der Waals surface area contributed by atoms with Gasteiger partial charge in [-0.15, -0.1) is 13.2 Å². The molecule has 0 unspecified atom stereocenters. The number of hydrogen-bond donors (Lipinski definition) is 3. The fraction of sp³-hybridized carbons (Fsp3) is 0.105. The van der Waals surface area contributed by atoms with Gasteiger partial charge in [0.1, 0.15) is 22.8 Å². The van der Waals surface area contributed by atoms with Crippen LogP contribution in [0.2, 0.25) is 0 Å². The summed E-state index contributed by atoms with van der Waals surface area (Å²) in [4.78, 5) is 12.7. The molecule has 0 radical (unpaired) electrons. The number of phenols is 3. The van der Waals surface area contributed by atoms with E-state index in [1.165, 1.54) is 12.2 Å². The predicted molar refractivity (Wildman–Crippen MR) is 89.1 cm³/mol. The lowest BCUT2D eigenvalue weighted by Gasteiger charge is -2.16. The first-order valence-electron chi connectivity index (χ1n) is 7.13. The lowest BCUT2D eigenvalue weighted by Crippen LogP contribution is -2.06. The van der Waals surface area contributed by atoms with E-state index in [2.05, 4.69) is 13.2 Å². The zero-order chi connectivity index (χ0) is 17.0. The number of benzene rings is 2. The predicted octanol–water partition coefficient (Wildman–Crippen LogP) is 3.49. The van der Waals surface area contributed by atoms with E-state index in [9.17, 15) is 20.1 Å². The molecule has 118 valence electrons. The minimum atomic E-state index is -0.517. The van der Waals surface area contributed by atoms with Gasteiger partial charge in [-0.2, -0.15) is 0 Å². The molecule has 0 aliphatic rings. The van der Waals surface area contributed by atoms with Crippen LogP contribution in [-0.2, 0) is 12.8 Å². The highest BCUT2D eigenvalue weighted by Crippen LogP contribution is 2.43. The fourth-order valence-corrected chi connectivity index (χ4v) is 2.44. The largest absolute Gasteiger partial charge is 0.507 e. The van der Waals surface area contributed by atoms with Gasteiger partial charge in [0, 0.05) is 16.7 Å². The SMILES string of the molecule is C=CCc1c(O)c(CC=C)c(O)c(C(=O)c2ccccc2)c1O. The van der Waals surface area contributed by atoms with Crippen LogP contribution in [0.15, 0.2) is 55.6 Å². The van der Waals surface area contributed by atoms with Crippen molar-refractivity contribution in [3.8, 4) is 17.2 Å². The van der Waals surface area contributed by atoms with Crippen LogP contribution < -0.4 is 0 Å². The van der Waals surface area contributed by atoms with Crippen LogP contribution in [-0.4, -0.2) is 21.1 Å². The van der Waals surface area contributed by atoms with Crippen molar-refractivity contribution in [2.24, 2.45) is 0 Å². The van der Waals surface area contributed by atoms with Crippen LogP contribution >= 0.6 is 0 Å². The molecule has 0 aromatic heterocycles. The van der Waals surface area contributed by atoms with Crippen LogP contribution in [0.4, 0.5) is 0 Å². The van der Waals surface area contributed by atoms with Crippen LogP contribution in [0.25, 0.3) is 0 Å². The van der Waals surface area contributed by atoms with Crippen molar-refractivity contribution in [3.05, 3.63) is 77.9 Å². The molecule has 0 bridgehead atoms. The summed E-state index contributed by atoms with van der Waals surface area (Å²) >= 11 is 0. The highest BCUT2D eigenvalue weighted by atomic mass is 16.3. The maximum atomic E-state index is 12.7. The lowest BCUT2D eigenvalue weighted by atomic mass is 9.92. The first-order valence-corrected chi connectivity index (χ1v) is 7.13. The Balaban J connectivity index is 2.73. The molecule has 4 heteroatoms. The van der Waals surface area contributed by atoms with Crippen LogP contribution in [0.3, 0.4) is 0 Å². The smallest absolute Gasteiger partial charge is 0.200 e. The molecule has 0 heterocycles. The summed E-state index contributed by atoms with van der Waals surface area (Å²) in [5.74, 6) is -1.62. The summed E-state index contributed by atoms with van der Waals surface area (Å²) in [6.45, 7) is 7.16. The molecule has 0 saturated carbocycles. The van der Waals surface area contributed by atoms with Crippen LogP contribution in [0.5, 0.6) is 17.2 Å². The third-order valence-electron chi connectivity index (χ3n) is 3.58. The molecule has 0 amide bonds. The Bertz CT molecular complexity index is 724. The van der Waals surface area contributed by atoms with Gasteiger partial charge in [0.05, 0.1) is 0 Å². The van der Waals surface area contributed by atoms with Gasteiger partial charge in [-0.3, -0.25) is 4.79 Å². The zero-order valence-corrected chi connectivity index (χ0v) is 12.6. The molecule has 0 atom stereocenters. The van der Waals surface area contributed by atoms with Gasteiger partial charge in [0.2, 0.25) is 5.78 Å². The number of ketones is 1. The van der Waals surface area contributed by atoms with E-state index in [4.69, 9.17) is 0 Å². The van der Waals surface area contributed by atoms with Crippen molar-refractivity contribution < 1.29 is 20.1 Å². The average Bonchev–Trinajstić information content (AvgIpc) is 2.56. The summed E-state index contributed by atoms with van der Waals surface area (Å²) in [7, 11) is 0. The number of allylic oxidation sites excluding steroid dienone is 2. The minimum Gasteiger partial charge on any atom is -0.507 e. The Morgan fingerprint density at radius 3 is 1.78 bits per heavy atom. The van der Waals surface area contributed by atoms with E-state index in [0.717, 1.165) is 0 Å². The second kappa shape index (κ2) is 6.83. The fourth-order valence-electron chi connectivity index (χ4n) is 2.44. The summed E-state index contributed by atoms with van der Waals surface area (Å²) < 4.78 is 0. The van der Waals surface area contributed by atoms with Gasteiger partial charge < -0.3 is 15.3 Å². The second-order valence-electron chi connectivity index (χ2n) is 5.06. The van der Waals surface area contributed by atoms with Crippen LogP contribution in [0.1, 0.15) is 27.0 Å². The van der Waals surface area contributed by atoms with Gasteiger partial charge in [-0.25, -0.2) is 0 Å². The van der Waals surface area contributed by atoms with Crippen molar-refractivity contribution in [2.45, 2.75) is 12.8 Å². The van der Waals surface area contributed by atoms with Gasteiger partial charge in [-0.05, 0) is 12.8 Å². The number of rotatable bonds is 6. The molecule has 4 nitrogen and oxygen atoms in total. The summed E-state index contributed by atoms with van der Waals surface area (Å²) in [5, 5.41) is 31.0. The summed E-state index contributed by atoms with van der Waals surface area (Å²) in [6.07, 6.45) is 3.33. The highest BCUT2D eigenvalue weighted by Gasteiger charge is 2.27. The van der Waals surface area contributed by atoms with E-state index in [1.54, 1.807) is 30.3 Å². The average molecular weight is 310 g/mol. The summed E-state index contributed by atoms with van der Waals surface area (Å²) in [5.41, 5.74) is 0.434. The Morgan fingerprint density at radius 1 is 0.870 bits per heavy atom. The molecule has 0 spiro atoms. The number of hydrogen-bond acceptors (Lipinski definition) is 4. The van der Waals surface area contributed by atoms with Crippen molar-refractivity contribution in [1.29, 1.82) is 0 Å². The van der Waals surface area contributed by atoms with E-state index in [1.807, 2.05) is 0 Å². The number of carbonyl (C=O) groups is 1. The van der Waals surface area contributed by atoms with Crippen LogP contribution in [0, 0.1) is 0 Å². The first-order chi connectivity index (χ1) is 11.0. The molecule has 2 aromatic carbocycles. The Morgan fingerprint density at radius 2 is 1.35 bits per heavy atom. The molecule has 0 fully saturated rings. The molecule has 23 heavy (non-hydrogen) atoms. The third kappa shape index (κ3) is 2.97. The van der Waals surface area contributed by atoms with Crippen molar-refractivity contribution >= 4 is 5.78 Å². The molecular formula is C19H18O4. The van der Waals surface area contributed by atoms with Crippen molar-refractivity contribution in [2.75, 3.05) is 0 Å². The molecule has 0 aliphatic carbocycles. The highest BCUT2D eigenvalue weighted by molar-refractivity contribution is 6.13. The Hall–Kier alpha value is -3.01. The Labute approximate surface area is 134 Å². The molecule has 3 N–H and O–H groups in total. The normalized spacial score (nSPS) is 10.3. The van der Waals surface area contributed by atoms with E-state index >= 15 is 0 Å². The molecule has 0 aliphatic heterocycles. The van der Waals surface area contributed by atoms with Gasteiger partial charge in [0.25, 0.3) is 0 Å². The molecule has 2 rings (SSSR count). The molecular weight excluding hydrogens is 292 g/mol. The standard InChI is InChI=1S/C19H18O4/c1-3-8-13-17(21)14(9-4-2)19(23)15(18(13)22)16(20)12-10-6-5-7-11-12/h3-7,10-11,21-23H,1-2,8-9H2. The van der Waals surface area contributed by atoms with Gasteiger partial charge >= 0.3 is 0 Å². The zero-order valence-electron chi connectivity index (χ0n) is 12.6. The molecule has 2 aromatic rings. The van der Waals surface area contributed by atoms with E-state index in [-0.39, 0.29) is 35.3 Å². The molecule has 0 saturated heterocycles. The second-order valence-corrected chi connectivity index (χ2v) is 5.06. The maximum absolute atomic E-state index is 12.7. The third-order valence-corrected chi connectivity index (χ3v) is 3.58. The van der Waals surface area contributed by atoms with Crippen molar-refractivity contribution in [1.82, 2.24) is 0 Å². The monoisotopic (exact) mass is 310 g/mol. The lowest BCUT2D eigenvalue weighted by molar-refractivity contribution is 0.103. The quantitative estimate of drug-likeness (QED) is 0.564. The topological polar surface area (TPSA) is 77.8 Å².